The van der Waals surface area contributed by atoms with Gasteiger partial charge in [-0.2, -0.15) is 0 Å². The van der Waals surface area contributed by atoms with Crippen LogP contribution in [0.2, 0.25) is 0 Å². The lowest BCUT2D eigenvalue weighted by Gasteiger charge is -2.40. The Morgan fingerprint density at radius 3 is 2.56 bits per heavy atom. The van der Waals surface area contributed by atoms with E-state index in [1.807, 2.05) is 54.6 Å². The third kappa shape index (κ3) is 2.72. The number of amides is 1. The number of hydrogen-bond acceptors (Lipinski definition) is 3. The Hall–Kier alpha value is -3.34. The molecular weight excluding hydrogens is 340 g/mol. The fourth-order valence-corrected chi connectivity index (χ4v) is 3.97. The minimum Gasteiger partial charge on any atom is -0.467 e. The number of para-hydroxylation sites is 1. The van der Waals surface area contributed by atoms with Gasteiger partial charge in [0.2, 0.25) is 5.91 Å². The number of hydrogen-bond donors (Lipinski definition) is 1. The number of ether oxygens (including phenoxy) is 1. The van der Waals surface area contributed by atoms with Crippen LogP contribution in [0.15, 0.2) is 67.3 Å². The SMILES string of the molecule is C=CC(=O)N1[C@@H](c2ccccc2)c2[nH]c3ccccc3c2C[C@@H]1C(=O)OC. The Bertz CT molecular complexity index is 1020. The maximum atomic E-state index is 12.8. The molecule has 0 spiro atoms. The van der Waals surface area contributed by atoms with Crippen molar-refractivity contribution >= 4 is 22.8 Å². The molecule has 1 aromatic heterocycles. The van der Waals surface area contributed by atoms with Crippen LogP contribution in [0.1, 0.15) is 22.9 Å². The van der Waals surface area contributed by atoms with Crippen LogP contribution >= 0.6 is 0 Å². The topological polar surface area (TPSA) is 62.4 Å². The zero-order valence-electron chi connectivity index (χ0n) is 15.0. The van der Waals surface area contributed by atoms with Gasteiger partial charge in [0.1, 0.15) is 6.04 Å². The average Bonchev–Trinajstić information content (AvgIpc) is 3.10. The number of carbonyl (C=O) groups excluding carboxylic acids is 2. The van der Waals surface area contributed by atoms with Crippen molar-refractivity contribution in [3.63, 3.8) is 0 Å². The van der Waals surface area contributed by atoms with Crippen LogP contribution in [0, 0.1) is 0 Å². The molecule has 0 unspecified atom stereocenters. The molecule has 1 amide bonds. The molecule has 2 heterocycles. The van der Waals surface area contributed by atoms with Crippen molar-refractivity contribution in [2.45, 2.75) is 18.5 Å². The third-order valence-corrected chi connectivity index (χ3v) is 5.15. The van der Waals surface area contributed by atoms with Gasteiger partial charge in [0, 0.05) is 23.0 Å². The first-order valence-electron chi connectivity index (χ1n) is 8.82. The lowest BCUT2D eigenvalue weighted by Crippen LogP contribution is -2.51. The number of methoxy groups -OCH3 is 1. The second-order valence-corrected chi connectivity index (χ2v) is 6.57. The van der Waals surface area contributed by atoms with Crippen LogP contribution < -0.4 is 0 Å². The minimum absolute atomic E-state index is 0.302. The van der Waals surface area contributed by atoms with Crippen molar-refractivity contribution in [3.05, 3.63) is 84.1 Å². The number of carbonyl (C=O) groups is 2. The number of aromatic amines is 1. The number of fused-ring (bicyclic) bond motifs is 3. The first-order chi connectivity index (χ1) is 13.2. The zero-order chi connectivity index (χ0) is 19.0. The molecule has 0 fully saturated rings. The summed E-state index contributed by atoms with van der Waals surface area (Å²) in [7, 11) is 1.35. The molecule has 2 aromatic carbocycles. The Labute approximate surface area is 157 Å². The number of rotatable bonds is 3. The summed E-state index contributed by atoms with van der Waals surface area (Å²) in [4.78, 5) is 30.4. The number of nitrogens with zero attached hydrogens (tertiary/aromatic N) is 1. The van der Waals surface area contributed by atoms with Crippen molar-refractivity contribution in [1.29, 1.82) is 0 Å². The Kier molecular flexibility index (Phi) is 4.28. The van der Waals surface area contributed by atoms with E-state index in [-0.39, 0.29) is 5.91 Å². The molecule has 1 aliphatic heterocycles. The first-order valence-corrected chi connectivity index (χ1v) is 8.82. The lowest BCUT2D eigenvalue weighted by atomic mass is 9.88. The Morgan fingerprint density at radius 1 is 1.15 bits per heavy atom. The van der Waals surface area contributed by atoms with Gasteiger partial charge >= 0.3 is 5.97 Å². The van der Waals surface area contributed by atoms with Gasteiger partial charge in [-0.15, -0.1) is 0 Å². The average molecular weight is 360 g/mol. The van der Waals surface area contributed by atoms with Crippen molar-refractivity contribution < 1.29 is 14.3 Å². The first kappa shape index (κ1) is 17.1. The van der Waals surface area contributed by atoms with E-state index in [1.54, 1.807) is 4.90 Å². The second-order valence-electron chi connectivity index (χ2n) is 6.57. The third-order valence-electron chi connectivity index (χ3n) is 5.15. The van der Waals surface area contributed by atoms with Crippen LogP contribution in [-0.4, -0.2) is 34.9 Å². The molecule has 1 N–H and O–H groups in total. The largest absolute Gasteiger partial charge is 0.467 e. The summed E-state index contributed by atoms with van der Waals surface area (Å²) in [6, 6.07) is 16.5. The van der Waals surface area contributed by atoms with Crippen LogP contribution in [0.25, 0.3) is 10.9 Å². The fraction of sp³-hybridized carbons (Fsp3) is 0.182. The van der Waals surface area contributed by atoms with E-state index in [4.69, 9.17) is 4.74 Å². The smallest absolute Gasteiger partial charge is 0.328 e. The fourth-order valence-electron chi connectivity index (χ4n) is 3.97. The summed E-state index contributed by atoms with van der Waals surface area (Å²) >= 11 is 0. The van der Waals surface area contributed by atoms with Gasteiger partial charge in [0.15, 0.2) is 0 Å². The van der Waals surface area contributed by atoms with Crippen molar-refractivity contribution in [2.24, 2.45) is 0 Å². The van der Waals surface area contributed by atoms with Crippen LogP contribution in [-0.2, 0) is 20.7 Å². The van der Waals surface area contributed by atoms with Crippen LogP contribution in [0.5, 0.6) is 0 Å². The normalized spacial score (nSPS) is 18.8. The maximum absolute atomic E-state index is 12.8. The molecule has 27 heavy (non-hydrogen) atoms. The van der Waals surface area contributed by atoms with Gasteiger partial charge in [0.25, 0.3) is 0 Å². The predicted molar refractivity (Wildman–Crippen MR) is 103 cm³/mol. The molecular formula is C22H20N2O3. The number of benzene rings is 2. The second kappa shape index (κ2) is 6.76. The number of H-pyrrole nitrogens is 1. The van der Waals surface area contributed by atoms with Crippen molar-refractivity contribution in [1.82, 2.24) is 9.88 Å². The highest BCUT2D eigenvalue weighted by Crippen LogP contribution is 2.41. The van der Waals surface area contributed by atoms with E-state index in [9.17, 15) is 9.59 Å². The summed E-state index contributed by atoms with van der Waals surface area (Å²) in [5.74, 6) is -0.731. The van der Waals surface area contributed by atoms with Crippen molar-refractivity contribution in [2.75, 3.05) is 7.11 Å². The molecule has 4 rings (SSSR count). The predicted octanol–water partition coefficient (Wildman–Crippen LogP) is 3.37. The molecule has 5 heteroatoms. The van der Waals surface area contributed by atoms with E-state index in [1.165, 1.54) is 13.2 Å². The van der Waals surface area contributed by atoms with E-state index < -0.39 is 18.1 Å². The highest BCUT2D eigenvalue weighted by molar-refractivity contribution is 5.94. The van der Waals surface area contributed by atoms with E-state index in [0.29, 0.717) is 6.42 Å². The summed E-state index contributed by atoms with van der Waals surface area (Å²) in [5, 5.41) is 1.06. The summed E-state index contributed by atoms with van der Waals surface area (Å²) < 4.78 is 5.03. The Balaban J connectivity index is 1.99. The molecule has 1 aliphatic rings. The van der Waals surface area contributed by atoms with Gasteiger partial charge in [-0.05, 0) is 23.3 Å². The van der Waals surface area contributed by atoms with E-state index >= 15 is 0 Å². The molecule has 0 saturated heterocycles. The molecule has 0 radical (unpaired) electrons. The summed E-state index contributed by atoms with van der Waals surface area (Å²) in [6.07, 6.45) is 1.65. The number of aromatic nitrogens is 1. The van der Waals surface area contributed by atoms with Crippen molar-refractivity contribution in [3.8, 4) is 0 Å². The molecule has 136 valence electrons. The number of nitrogens with one attached hydrogen (secondary N) is 1. The van der Waals surface area contributed by atoms with Crippen LogP contribution in [0.3, 0.4) is 0 Å². The minimum atomic E-state index is -0.711. The van der Waals surface area contributed by atoms with Gasteiger partial charge < -0.3 is 14.6 Å². The van der Waals surface area contributed by atoms with Gasteiger partial charge in [-0.25, -0.2) is 4.79 Å². The van der Waals surface area contributed by atoms with Gasteiger partial charge in [-0.1, -0.05) is 55.1 Å². The zero-order valence-corrected chi connectivity index (χ0v) is 15.0. The van der Waals surface area contributed by atoms with Gasteiger partial charge in [-0.3, -0.25) is 4.79 Å². The molecule has 0 saturated carbocycles. The molecule has 3 aromatic rings. The molecule has 5 nitrogen and oxygen atoms in total. The Morgan fingerprint density at radius 2 is 1.85 bits per heavy atom. The quantitative estimate of drug-likeness (QED) is 0.575. The number of esters is 1. The maximum Gasteiger partial charge on any atom is 0.328 e. The lowest BCUT2D eigenvalue weighted by molar-refractivity contribution is -0.153. The summed E-state index contributed by atoms with van der Waals surface area (Å²) in [6.45, 7) is 3.63. The summed E-state index contributed by atoms with van der Waals surface area (Å²) in [5.41, 5.74) is 3.88. The van der Waals surface area contributed by atoms with Crippen LogP contribution in [0.4, 0.5) is 0 Å². The monoisotopic (exact) mass is 360 g/mol. The standard InChI is InChI=1S/C22H20N2O3/c1-3-19(25)24-18(22(26)27-2)13-16-15-11-7-8-12-17(15)23-20(16)21(24)14-9-5-4-6-10-14/h3-12,18,21,23H,1,13H2,2H3/t18-,21+/m1/s1. The van der Waals surface area contributed by atoms with Gasteiger partial charge in [0.05, 0.1) is 13.2 Å². The highest BCUT2D eigenvalue weighted by Gasteiger charge is 2.43. The van der Waals surface area contributed by atoms with E-state index in [2.05, 4.69) is 11.6 Å². The molecule has 0 bridgehead atoms. The highest BCUT2D eigenvalue weighted by atomic mass is 16.5. The molecule has 2 atom stereocenters. The molecule has 0 aliphatic carbocycles. The van der Waals surface area contributed by atoms with E-state index in [0.717, 1.165) is 27.7 Å².